The van der Waals surface area contributed by atoms with Crippen LogP contribution in [0.15, 0.2) is 18.2 Å². The SMILES string of the molecule is COc1cccc(CCC(CO)CO)c1O. The van der Waals surface area contributed by atoms with Crippen LogP contribution < -0.4 is 4.74 Å². The molecule has 0 aliphatic rings. The molecule has 4 heteroatoms. The molecule has 0 aliphatic heterocycles. The van der Waals surface area contributed by atoms with Gasteiger partial charge >= 0.3 is 0 Å². The molecule has 0 amide bonds. The predicted octanol–water partition coefficient (Wildman–Crippen LogP) is 0.934. The summed E-state index contributed by atoms with van der Waals surface area (Å²) in [5.74, 6) is 0.451. The fourth-order valence-corrected chi connectivity index (χ4v) is 1.53. The maximum Gasteiger partial charge on any atom is 0.160 e. The smallest absolute Gasteiger partial charge is 0.160 e. The molecule has 0 aliphatic carbocycles. The molecule has 1 aromatic carbocycles. The van der Waals surface area contributed by atoms with Crippen LogP contribution in [-0.4, -0.2) is 35.6 Å². The molecule has 3 N–H and O–H groups in total. The maximum atomic E-state index is 9.80. The molecular weight excluding hydrogens is 208 g/mol. The molecule has 0 saturated heterocycles. The number of para-hydroxylation sites is 1. The third kappa shape index (κ3) is 3.12. The van der Waals surface area contributed by atoms with Gasteiger partial charge in [0.15, 0.2) is 11.5 Å². The molecule has 0 heterocycles. The fraction of sp³-hybridized carbons (Fsp3) is 0.500. The first-order valence-electron chi connectivity index (χ1n) is 5.29. The summed E-state index contributed by atoms with van der Waals surface area (Å²) in [6.07, 6.45) is 1.24. The molecule has 0 bridgehead atoms. The monoisotopic (exact) mass is 226 g/mol. The van der Waals surface area contributed by atoms with Gasteiger partial charge in [-0.2, -0.15) is 0 Å². The van der Waals surface area contributed by atoms with Crippen molar-refractivity contribution < 1.29 is 20.1 Å². The van der Waals surface area contributed by atoms with Gasteiger partial charge in [-0.25, -0.2) is 0 Å². The molecule has 0 aromatic heterocycles. The Bertz CT molecular complexity index is 321. The summed E-state index contributed by atoms with van der Waals surface area (Å²) in [5, 5.41) is 27.7. The number of benzene rings is 1. The Morgan fingerprint density at radius 3 is 2.50 bits per heavy atom. The molecule has 0 fully saturated rings. The summed E-state index contributed by atoms with van der Waals surface area (Å²) in [6, 6.07) is 5.30. The summed E-state index contributed by atoms with van der Waals surface area (Å²) in [5.41, 5.74) is 0.770. The van der Waals surface area contributed by atoms with Crippen LogP contribution in [0.25, 0.3) is 0 Å². The summed E-state index contributed by atoms with van der Waals surface area (Å²) in [6.45, 7) is -0.0809. The van der Waals surface area contributed by atoms with E-state index >= 15 is 0 Å². The number of rotatable bonds is 6. The Labute approximate surface area is 95.1 Å². The van der Waals surface area contributed by atoms with Crippen molar-refractivity contribution in [2.45, 2.75) is 12.8 Å². The minimum Gasteiger partial charge on any atom is -0.504 e. The highest BCUT2D eigenvalue weighted by Gasteiger charge is 2.10. The van der Waals surface area contributed by atoms with E-state index in [4.69, 9.17) is 14.9 Å². The van der Waals surface area contributed by atoms with Crippen molar-refractivity contribution in [1.29, 1.82) is 0 Å². The van der Waals surface area contributed by atoms with E-state index in [2.05, 4.69) is 0 Å². The lowest BCUT2D eigenvalue weighted by Crippen LogP contribution is -2.11. The first kappa shape index (κ1) is 12.8. The number of aliphatic hydroxyl groups excluding tert-OH is 2. The first-order chi connectivity index (χ1) is 7.72. The molecule has 0 radical (unpaired) electrons. The van der Waals surface area contributed by atoms with Gasteiger partial charge in [0, 0.05) is 19.1 Å². The molecule has 0 saturated carbocycles. The number of phenols is 1. The van der Waals surface area contributed by atoms with Crippen LogP contribution in [0, 0.1) is 5.92 Å². The number of methoxy groups -OCH3 is 1. The fourth-order valence-electron chi connectivity index (χ4n) is 1.53. The van der Waals surface area contributed by atoms with Crippen LogP contribution in [0.3, 0.4) is 0 Å². The molecular formula is C12H18O4. The highest BCUT2D eigenvalue weighted by molar-refractivity contribution is 5.45. The van der Waals surface area contributed by atoms with Crippen molar-refractivity contribution in [1.82, 2.24) is 0 Å². The molecule has 90 valence electrons. The highest BCUT2D eigenvalue weighted by Crippen LogP contribution is 2.30. The van der Waals surface area contributed by atoms with E-state index in [1.54, 1.807) is 12.1 Å². The van der Waals surface area contributed by atoms with Crippen LogP contribution in [0.2, 0.25) is 0 Å². The number of hydrogen-bond acceptors (Lipinski definition) is 4. The van der Waals surface area contributed by atoms with E-state index < -0.39 is 0 Å². The van der Waals surface area contributed by atoms with E-state index in [-0.39, 0.29) is 24.9 Å². The lowest BCUT2D eigenvalue weighted by molar-refractivity contribution is 0.144. The van der Waals surface area contributed by atoms with Gasteiger partial charge in [0.2, 0.25) is 0 Å². The third-order valence-electron chi connectivity index (χ3n) is 2.64. The number of phenolic OH excluding ortho intramolecular Hbond substituents is 1. The lowest BCUT2D eigenvalue weighted by atomic mass is 10.00. The number of ether oxygens (including phenoxy) is 1. The summed E-state index contributed by atoms with van der Waals surface area (Å²) < 4.78 is 5.00. The minimum atomic E-state index is -0.134. The number of hydrogen-bond donors (Lipinski definition) is 3. The molecule has 16 heavy (non-hydrogen) atoms. The first-order valence-corrected chi connectivity index (χ1v) is 5.29. The largest absolute Gasteiger partial charge is 0.504 e. The van der Waals surface area contributed by atoms with Crippen LogP contribution >= 0.6 is 0 Å². The van der Waals surface area contributed by atoms with E-state index in [1.165, 1.54) is 7.11 Å². The van der Waals surface area contributed by atoms with E-state index in [1.807, 2.05) is 6.07 Å². The van der Waals surface area contributed by atoms with Crippen molar-refractivity contribution >= 4 is 0 Å². The molecule has 1 aromatic rings. The molecule has 4 nitrogen and oxygen atoms in total. The van der Waals surface area contributed by atoms with Crippen LogP contribution in [-0.2, 0) is 6.42 Å². The van der Waals surface area contributed by atoms with Gasteiger partial charge in [0.25, 0.3) is 0 Å². The summed E-state index contributed by atoms with van der Waals surface area (Å²) in [4.78, 5) is 0. The molecule has 0 unspecified atom stereocenters. The Morgan fingerprint density at radius 1 is 1.25 bits per heavy atom. The van der Waals surface area contributed by atoms with Crippen molar-refractivity contribution in [3.63, 3.8) is 0 Å². The quantitative estimate of drug-likeness (QED) is 0.675. The van der Waals surface area contributed by atoms with Gasteiger partial charge in [0.05, 0.1) is 7.11 Å². The van der Waals surface area contributed by atoms with Gasteiger partial charge in [-0.15, -0.1) is 0 Å². The second kappa shape index (κ2) is 6.35. The Balaban J connectivity index is 2.66. The van der Waals surface area contributed by atoms with E-state index in [0.717, 1.165) is 5.56 Å². The average molecular weight is 226 g/mol. The second-order valence-electron chi connectivity index (χ2n) is 3.74. The van der Waals surface area contributed by atoms with Gasteiger partial charge in [0.1, 0.15) is 0 Å². The zero-order chi connectivity index (χ0) is 12.0. The minimum absolute atomic E-state index is 0.0404. The van der Waals surface area contributed by atoms with Crippen LogP contribution in [0.1, 0.15) is 12.0 Å². The lowest BCUT2D eigenvalue weighted by Gasteiger charge is -2.12. The van der Waals surface area contributed by atoms with Crippen molar-refractivity contribution in [2.24, 2.45) is 5.92 Å². The highest BCUT2D eigenvalue weighted by atomic mass is 16.5. The summed E-state index contributed by atoms with van der Waals surface area (Å²) in [7, 11) is 1.50. The standard InChI is InChI=1S/C12H18O4/c1-16-11-4-2-3-10(12(11)15)6-5-9(7-13)8-14/h2-4,9,13-15H,5-8H2,1H3. The Morgan fingerprint density at radius 2 is 1.94 bits per heavy atom. The zero-order valence-electron chi connectivity index (χ0n) is 9.39. The van der Waals surface area contributed by atoms with Gasteiger partial charge in [-0.3, -0.25) is 0 Å². The number of aliphatic hydroxyl groups is 2. The van der Waals surface area contributed by atoms with Crippen molar-refractivity contribution in [2.75, 3.05) is 20.3 Å². The maximum absolute atomic E-state index is 9.80. The molecule has 1 rings (SSSR count). The predicted molar refractivity (Wildman–Crippen MR) is 60.6 cm³/mol. The van der Waals surface area contributed by atoms with Crippen molar-refractivity contribution in [3.8, 4) is 11.5 Å². The van der Waals surface area contributed by atoms with Crippen LogP contribution in [0.4, 0.5) is 0 Å². The van der Waals surface area contributed by atoms with Gasteiger partial charge in [-0.1, -0.05) is 12.1 Å². The number of aromatic hydroxyl groups is 1. The third-order valence-corrected chi connectivity index (χ3v) is 2.64. The molecule has 0 atom stereocenters. The van der Waals surface area contributed by atoms with Gasteiger partial charge < -0.3 is 20.1 Å². The van der Waals surface area contributed by atoms with E-state index in [9.17, 15) is 5.11 Å². The Kier molecular flexibility index (Phi) is 5.08. The van der Waals surface area contributed by atoms with Crippen LogP contribution in [0.5, 0.6) is 11.5 Å². The average Bonchev–Trinajstić information content (AvgIpc) is 2.32. The topological polar surface area (TPSA) is 69.9 Å². The normalized spacial score (nSPS) is 10.8. The van der Waals surface area contributed by atoms with Crippen molar-refractivity contribution in [3.05, 3.63) is 23.8 Å². The Hall–Kier alpha value is -1.26. The molecule has 0 spiro atoms. The second-order valence-corrected chi connectivity index (χ2v) is 3.74. The number of aryl methyl sites for hydroxylation is 1. The van der Waals surface area contributed by atoms with E-state index in [0.29, 0.717) is 18.6 Å². The van der Waals surface area contributed by atoms with Gasteiger partial charge in [-0.05, 0) is 24.5 Å². The summed E-state index contributed by atoms with van der Waals surface area (Å²) >= 11 is 0. The zero-order valence-corrected chi connectivity index (χ0v) is 9.39.